The number of hydrogen-bond acceptors (Lipinski definition) is 3. The number of rotatable bonds is 9. The quantitative estimate of drug-likeness (QED) is 0.612. The van der Waals surface area contributed by atoms with Gasteiger partial charge in [-0.3, -0.25) is 4.79 Å². The largest absolute Gasteiger partial charge is 0.353 e. The second-order valence-corrected chi connectivity index (χ2v) is 4.98. The molecular formula is C14H29N3O. The smallest absolute Gasteiger partial charge is 0.237 e. The Bertz CT molecular complexity index is 249. The molecule has 0 radical (unpaired) electrons. The number of carbonyl (C=O) groups excluding carboxylic acids is 1. The molecule has 0 aromatic heterocycles. The summed E-state index contributed by atoms with van der Waals surface area (Å²) in [7, 11) is 4.11. The van der Waals surface area contributed by atoms with Crippen LogP contribution in [0.4, 0.5) is 0 Å². The van der Waals surface area contributed by atoms with Gasteiger partial charge in [0.25, 0.3) is 0 Å². The number of nitrogens with two attached hydrogens (primary N) is 1. The number of hydrogen-bond donors (Lipinski definition) is 2. The maximum absolute atomic E-state index is 11.8. The lowest BCUT2D eigenvalue weighted by molar-refractivity contribution is -0.122. The van der Waals surface area contributed by atoms with Crippen LogP contribution in [-0.2, 0) is 4.79 Å². The lowest BCUT2D eigenvalue weighted by Gasteiger charge is -2.31. The molecule has 0 aromatic rings. The highest BCUT2D eigenvalue weighted by atomic mass is 16.2. The molecule has 0 aliphatic heterocycles. The van der Waals surface area contributed by atoms with Gasteiger partial charge in [0.05, 0.1) is 6.04 Å². The summed E-state index contributed by atoms with van der Waals surface area (Å²) in [5.74, 6) is 0.503. The molecule has 1 amide bonds. The van der Waals surface area contributed by atoms with E-state index >= 15 is 0 Å². The van der Waals surface area contributed by atoms with Gasteiger partial charge in [0.2, 0.25) is 5.91 Å². The van der Waals surface area contributed by atoms with E-state index in [0.717, 1.165) is 12.8 Å². The average Bonchev–Trinajstić information content (AvgIpc) is 2.33. The van der Waals surface area contributed by atoms with Crippen LogP contribution in [0.5, 0.6) is 0 Å². The molecule has 0 aliphatic rings. The van der Waals surface area contributed by atoms with Crippen LogP contribution < -0.4 is 11.1 Å². The van der Waals surface area contributed by atoms with Crippen LogP contribution in [0.1, 0.15) is 33.1 Å². The van der Waals surface area contributed by atoms with Crippen molar-refractivity contribution in [3.63, 3.8) is 0 Å². The number of carbonyl (C=O) groups is 1. The fraction of sp³-hybridized carbons (Fsp3) is 0.786. The second-order valence-electron chi connectivity index (χ2n) is 4.98. The maximum Gasteiger partial charge on any atom is 0.237 e. The number of likely N-dealkylation sites (N-methyl/N-ethyl adjacent to an activating group) is 1. The summed E-state index contributed by atoms with van der Waals surface area (Å²) in [6.45, 7) is 8.63. The fourth-order valence-corrected chi connectivity index (χ4v) is 2.23. The van der Waals surface area contributed by atoms with Crippen molar-refractivity contribution in [2.75, 3.05) is 20.6 Å². The van der Waals surface area contributed by atoms with Crippen LogP contribution in [-0.4, -0.2) is 43.5 Å². The van der Waals surface area contributed by atoms with Gasteiger partial charge in [-0.2, -0.15) is 0 Å². The Balaban J connectivity index is 4.35. The molecule has 0 bridgehead atoms. The predicted octanol–water partition coefficient (Wildman–Crippen LogP) is 1.37. The van der Waals surface area contributed by atoms with E-state index in [0.29, 0.717) is 24.9 Å². The van der Waals surface area contributed by atoms with E-state index in [2.05, 4.69) is 44.7 Å². The van der Waals surface area contributed by atoms with Crippen molar-refractivity contribution in [1.82, 2.24) is 10.2 Å². The molecular weight excluding hydrogens is 226 g/mol. The molecule has 4 heteroatoms. The Morgan fingerprint density at radius 1 is 1.39 bits per heavy atom. The van der Waals surface area contributed by atoms with Crippen molar-refractivity contribution in [3.8, 4) is 0 Å². The fourth-order valence-electron chi connectivity index (χ4n) is 2.23. The van der Waals surface area contributed by atoms with Gasteiger partial charge in [-0.1, -0.05) is 32.8 Å². The van der Waals surface area contributed by atoms with Crippen LogP contribution in [0.15, 0.2) is 12.7 Å². The van der Waals surface area contributed by atoms with Crippen molar-refractivity contribution in [2.24, 2.45) is 11.7 Å². The number of nitrogens with one attached hydrogen (secondary N) is 1. The summed E-state index contributed by atoms with van der Waals surface area (Å²) in [5, 5.41) is 2.94. The van der Waals surface area contributed by atoms with Crippen LogP contribution in [0.2, 0.25) is 0 Å². The molecule has 0 aromatic carbocycles. The third kappa shape index (κ3) is 5.65. The van der Waals surface area contributed by atoms with E-state index in [1.165, 1.54) is 0 Å². The molecule has 0 fully saturated rings. The zero-order valence-corrected chi connectivity index (χ0v) is 12.3. The highest BCUT2D eigenvalue weighted by Gasteiger charge is 2.22. The van der Waals surface area contributed by atoms with Gasteiger partial charge in [0.15, 0.2) is 0 Å². The third-order valence-electron chi connectivity index (χ3n) is 3.50. The van der Waals surface area contributed by atoms with Crippen LogP contribution in [0.3, 0.4) is 0 Å². The monoisotopic (exact) mass is 255 g/mol. The SMILES string of the molecule is C=CCC(N)C(=O)NCC(C(CC)CC)N(C)C. The van der Waals surface area contributed by atoms with Crippen LogP contribution in [0.25, 0.3) is 0 Å². The van der Waals surface area contributed by atoms with Gasteiger partial charge in [-0.05, 0) is 26.4 Å². The zero-order valence-electron chi connectivity index (χ0n) is 12.3. The summed E-state index contributed by atoms with van der Waals surface area (Å²) >= 11 is 0. The van der Waals surface area contributed by atoms with Crippen molar-refractivity contribution < 1.29 is 4.79 Å². The van der Waals surface area contributed by atoms with Gasteiger partial charge < -0.3 is 16.0 Å². The molecule has 2 unspecified atom stereocenters. The Hall–Kier alpha value is -0.870. The van der Waals surface area contributed by atoms with E-state index in [9.17, 15) is 4.79 Å². The van der Waals surface area contributed by atoms with Crippen molar-refractivity contribution in [2.45, 2.75) is 45.2 Å². The maximum atomic E-state index is 11.8. The molecule has 106 valence electrons. The van der Waals surface area contributed by atoms with Gasteiger partial charge in [0, 0.05) is 12.6 Å². The summed E-state index contributed by atoms with van der Waals surface area (Å²) in [5.41, 5.74) is 5.73. The first kappa shape index (κ1) is 17.1. The first-order valence-electron chi connectivity index (χ1n) is 6.78. The minimum absolute atomic E-state index is 0.0901. The Morgan fingerprint density at radius 2 is 1.94 bits per heavy atom. The van der Waals surface area contributed by atoms with Crippen molar-refractivity contribution >= 4 is 5.91 Å². The van der Waals surface area contributed by atoms with Gasteiger partial charge in [-0.15, -0.1) is 6.58 Å². The topological polar surface area (TPSA) is 58.4 Å². The van der Waals surface area contributed by atoms with Crippen LogP contribution in [0, 0.1) is 5.92 Å². The minimum Gasteiger partial charge on any atom is -0.353 e. The first-order valence-corrected chi connectivity index (χ1v) is 6.78. The molecule has 0 spiro atoms. The number of amides is 1. The summed E-state index contributed by atoms with van der Waals surface area (Å²) in [4.78, 5) is 13.9. The third-order valence-corrected chi connectivity index (χ3v) is 3.50. The van der Waals surface area contributed by atoms with E-state index in [1.54, 1.807) is 6.08 Å². The van der Waals surface area contributed by atoms with E-state index < -0.39 is 6.04 Å². The van der Waals surface area contributed by atoms with Gasteiger partial charge in [0.1, 0.15) is 0 Å². The molecule has 0 saturated heterocycles. The Morgan fingerprint density at radius 3 is 2.33 bits per heavy atom. The lowest BCUT2D eigenvalue weighted by Crippen LogP contribution is -2.48. The van der Waals surface area contributed by atoms with Crippen LogP contribution >= 0.6 is 0 Å². The molecule has 3 N–H and O–H groups in total. The number of nitrogens with zero attached hydrogens (tertiary/aromatic N) is 1. The Labute approximate surface area is 112 Å². The summed E-state index contributed by atoms with van der Waals surface area (Å²) in [6, 6.07) is -0.119. The van der Waals surface area contributed by atoms with E-state index in [4.69, 9.17) is 5.73 Å². The molecule has 4 nitrogen and oxygen atoms in total. The first-order chi connectivity index (χ1) is 8.47. The standard InChI is InChI=1S/C14H29N3O/c1-6-9-12(15)14(18)16-10-13(17(4)5)11(7-2)8-3/h6,11-13H,1,7-10,15H2,2-5H3,(H,16,18). The normalized spacial score (nSPS) is 14.6. The lowest BCUT2D eigenvalue weighted by atomic mass is 9.93. The zero-order chi connectivity index (χ0) is 14.1. The predicted molar refractivity (Wildman–Crippen MR) is 77.3 cm³/mol. The van der Waals surface area contributed by atoms with E-state index in [-0.39, 0.29) is 5.91 Å². The van der Waals surface area contributed by atoms with Crippen molar-refractivity contribution in [3.05, 3.63) is 12.7 Å². The highest BCUT2D eigenvalue weighted by molar-refractivity contribution is 5.81. The minimum atomic E-state index is -0.480. The molecule has 0 saturated carbocycles. The Kier molecular flexibility index (Phi) is 8.67. The molecule has 0 rings (SSSR count). The highest BCUT2D eigenvalue weighted by Crippen LogP contribution is 2.16. The molecule has 0 heterocycles. The van der Waals surface area contributed by atoms with Gasteiger partial charge in [-0.25, -0.2) is 0 Å². The second kappa shape index (κ2) is 9.11. The molecule has 18 heavy (non-hydrogen) atoms. The molecule has 2 atom stereocenters. The molecule has 0 aliphatic carbocycles. The van der Waals surface area contributed by atoms with Crippen molar-refractivity contribution in [1.29, 1.82) is 0 Å². The average molecular weight is 255 g/mol. The summed E-state index contributed by atoms with van der Waals surface area (Å²) < 4.78 is 0. The van der Waals surface area contributed by atoms with E-state index in [1.807, 2.05) is 0 Å². The van der Waals surface area contributed by atoms with Gasteiger partial charge >= 0.3 is 0 Å². The summed E-state index contributed by atoms with van der Waals surface area (Å²) in [6.07, 6.45) is 4.43.